The second-order valence-corrected chi connectivity index (χ2v) is 5.11. The van der Waals surface area contributed by atoms with Gasteiger partial charge in [-0.15, -0.1) is 0 Å². The number of aliphatic hydroxyl groups is 1. The van der Waals surface area contributed by atoms with Gasteiger partial charge in [-0.3, -0.25) is 4.90 Å². The molecule has 0 saturated heterocycles. The number of rotatable bonds is 4. The van der Waals surface area contributed by atoms with Gasteiger partial charge in [-0.25, -0.2) is 0 Å². The molecule has 0 amide bonds. The van der Waals surface area contributed by atoms with Gasteiger partial charge in [0.1, 0.15) is 5.75 Å². The normalized spacial score (nSPS) is 23.8. The van der Waals surface area contributed by atoms with Crippen LogP contribution in [-0.2, 0) is 6.42 Å². The number of benzene rings is 1. The second kappa shape index (κ2) is 5.72. The number of ether oxygens (including phenoxy) is 1. The topological polar surface area (TPSA) is 32.7 Å². The maximum absolute atomic E-state index is 8.99. The molecule has 1 aliphatic heterocycles. The maximum Gasteiger partial charge on any atom is 0.119 e. The zero-order chi connectivity index (χ0) is 13.1. The average molecular weight is 249 g/mol. The van der Waals surface area contributed by atoms with Gasteiger partial charge in [0.05, 0.1) is 7.11 Å². The largest absolute Gasteiger partial charge is 0.497 e. The van der Waals surface area contributed by atoms with Crippen LogP contribution < -0.4 is 4.74 Å². The average Bonchev–Trinajstić information content (AvgIpc) is 2.38. The summed E-state index contributed by atoms with van der Waals surface area (Å²) >= 11 is 0. The Bertz CT molecular complexity index is 405. The van der Waals surface area contributed by atoms with Crippen LogP contribution in [-0.4, -0.2) is 36.3 Å². The van der Waals surface area contributed by atoms with Gasteiger partial charge in [0, 0.05) is 25.2 Å². The number of hydrogen-bond acceptors (Lipinski definition) is 3. The van der Waals surface area contributed by atoms with Crippen molar-refractivity contribution in [2.45, 2.75) is 38.8 Å². The van der Waals surface area contributed by atoms with E-state index < -0.39 is 0 Å². The predicted molar refractivity (Wildman–Crippen MR) is 73.0 cm³/mol. The number of fused-ring (bicyclic) bond motifs is 1. The molecule has 1 N–H and O–H groups in total. The Balaban J connectivity index is 2.23. The lowest BCUT2D eigenvalue weighted by Gasteiger charge is -2.40. The van der Waals surface area contributed by atoms with E-state index in [2.05, 4.69) is 30.9 Å². The molecule has 0 radical (unpaired) electrons. The molecule has 0 saturated carbocycles. The van der Waals surface area contributed by atoms with Crippen molar-refractivity contribution in [3.8, 4) is 5.75 Å². The molecule has 2 atom stereocenters. The Morgan fingerprint density at radius 1 is 1.39 bits per heavy atom. The van der Waals surface area contributed by atoms with Gasteiger partial charge in [-0.2, -0.15) is 0 Å². The van der Waals surface area contributed by atoms with E-state index in [1.165, 1.54) is 11.1 Å². The monoisotopic (exact) mass is 249 g/mol. The third kappa shape index (κ3) is 2.52. The summed E-state index contributed by atoms with van der Waals surface area (Å²) in [6.07, 6.45) is 1.91. The first-order valence-electron chi connectivity index (χ1n) is 6.70. The van der Waals surface area contributed by atoms with Crippen LogP contribution in [0, 0.1) is 0 Å². The summed E-state index contributed by atoms with van der Waals surface area (Å²) in [7, 11) is 1.71. The lowest BCUT2D eigenvalue weighted by molar-refractivity contribution is 0.125. The smallest absolute Gasteiger partial charge is 0.119 e. The summed E-state index contributed by atoms with van der Waals surface area (Å²) in [6.45, 7) is 5.74. The molecule has 3 nitrogen and oxygen atoms in total. The van der Waals surface area contributed by atoms with Crippen LogP contribution in [0.2, 0.25) is 0 Å². The van der Waals surface area contributed by atoms with Crippen LogP contribution >= 0.6 is 0 Å². The summed E-state index contributed by atoms with van der Waals surface area (Å²) < 4.78 is 5.30. The molecule has 100 valence electrons. The van der Waals surface area contributed by atoms with E-state index in [4.69, 9.17) is 9.84 Å². The Hall–Kier alpha value is -1.06. The molecule has 0 spiro atoms. The molecule has 18 heavy (non-hydrogen) atoms. The van der Waals surface area contributed by atoms with Gasteiger partial charge in [-0.1, -0.05) is 6.07 Å². The summed E-state index contributed by atoms with van der Waals surface area (Å²) in [6, 6.07) is 7.31. The number of methoxy groups -OCH3 is 1. The minimum absolute atomic E-state index is 0.269. The van der Waals surface area contributed by atoms with E-state index in [0.717, 1.165) is 25.1 Å². The van der Waals surface area contributed by atoms with E-state index in [1.807, 2.05) is 6.07 Å². The summed E-state index contributed by atoms with van der Waals surface area (Å²) in [4.78, 5) is 2.48. The number of hydrogen-bond donors (Lipinski definition) is 1. The standard InChI is InChI=1S/C15H23NO2/c1-11-9-13-10-14(18-3)5-6-15(13)12(2)16(11)7-4-8-17/h5-6,10-12,17H,4,7-9H2,1-3H3/t11-,12-/m0/s1. The van der Waals surface area contributed by atoms with Crippen LogP contribution in [0.3, 0.4) is 0 Å². The Morgan fingerprint density at radius 2 is 2.17 bits per heavy atom. The van der Waals surface area contributed by atoms with Crippen molar-refractivity contribution in [3.63, 3.8) is 0 Å². The van der Waals surface area contributed by atoms with Gasteiger partial charge < -0.3 is 9.84 Å². The molecular weight excluding hydrogens is 226 g/mol. The Labute approximate surface area is 109 Å². The minimum atomic E-state index is 0.269. The molecule has 0 fully saturated rings. The summed E-state index contributed by atoms with van der Waals surface area (Å²) in [5, 5.41) is 8.99. The lowest BCUT2D eigenvalue weighted by Crippen LogP contribution is -2.41. The van der Waals surface area contributed by atoms with Gasteiger partial charge >= 0.3 is 0 Å². The highest BCUT2D eigenvalue weighted by atomic mass is 16.5. The second-order valence-electron chi connectivity index (χ2n) is 5.11. The van der Waals surface area contributed by atoms with E-state index in [0.29, 0.717) is 12.1 Å². The van der Waals surface area contributed by atoms with Gasteiger partial charge in [0.25, 0.3) is 0 Å². The minimum Gasteiger partial charge on any atom is -0.497 e. The number of aliphatic hydroxyl groups excluding tert-OH is 1. The molecule has 3 heteroatoms. The van der Waals surface area contributed by atoms with Crippen molar-refractivity contribution >= 4 is 0 Å². The number of nitrogens with zero attached hydrogens (tertiary/aromatic N) is 1. The van der Waals surface area contributed by atoms with Gasteiger partial charge in [-0.05, 0) is 49.9 Å². The maximum atomic E-state index is 8.99. The lowest BCUT2D eigenvalue weighted by atomic mass is 9.89. The quantitative estimate of drug-likeness (QED) is 0.889. The molecule has 0 bridgehead atoms. The van der Waals surface area contributed by atoms with E-state index >= 15 is 0 Å². The molecule has 0 aliphatic carbocycles. The van der Waals surface area contributed by atoms with Crippen molar-refractivity contribution < 1.29 is 9.84 Å². The van der Waals surface area contributed by atoms with Crippen LogP contribution in [0.4, 0.5) is 0 Å². The third-order valence-corrected chi connectivity index (χ3v) is 3.95. The van der Waals surface area contributed by atoms with E-state index in [9.17, 15) is 0 Å². The first-order valence-corrected chi connectivity index (χ1v) is 6.70. The van der Waals surface area contributed by atoms with Crippen molar-refractivity contribution in [1.82, 2.24) is 4.90 Å². The molecule has 2 rings (SSSR count). The fourth-order valence-electron chi connectivity index (χ4n) is 2.96. The highest BCUT2D eigenvalue weighted by Crippen LogP contribution is 2.34. The van der Waals surface area contributed by atoms with Gasteiger partial charge in [0.2, 0.25) is 0 Å². The SMILES string of the molecule is COc1ccc2c(c1)C[C@H](C)N(CCCO)[C@H]2C. The fourth-order valence-corrected chi connectivity index (χ4v) is 2.96. The van der Waals surface area contributed by atoms with Gasteiger partial charge in [0.15, 0.2) is 0 Å². The molecule has 0 unspecified atom stereocenters. The highest BCUT2D eigenvalue weighted by molar-refractivity contribution is 5.39. The van der Waals surface area contributed by atoms with Crippen molar-refractivity contribution in [2.75, 3.05) is 20.3 Å². The molecule has 1 aromatic rings. The molecule has 0 aromatic heterocycles. The first kappa shape index (κ1) is 13.4. The Kier molecular flexibility index (Phi) is 4.25. The van der Waals surface area contributed by atoms with Crippen molar-refractivity contribution in [3.05, 3.63) is 29.3 Å². The van der Waals surface area contributed by atoms with E-state index in [-0.39, 0.29) is 6.61 Å². The van der Waals surface area contributed by atoms with Crippen LogP contribution in [0.5, 0.6) is 5.75 Å². The zero-order valence-electron chi connectivity index (χ0n) is 11.5. The van der Waals surface area contributed by atoms with Crippen LogP contribution in [0.15, 0.2) is 18.2 Å². The van der Waals surface area contributed by atoms with Crippen LogP contribution in [0.25, 0.3) is 0 Å². The summed E-state index contributed by atoms with van der Waals surface area (Å²) in [5.41, 5.74) is 2.79. The Morgan fingerprint density at radius 3 is 2.83 bits per heavy atom. The highest BCUT2D eigenvalue weighted by Gasteiger charge is 2.28. The molecule has 1 heterocycles. The van der Waals surface area contributed by atoms with Crippen molar-refractivity contribution in [2.24, 2.45) is 0 Å². The molecule has 1 aromatic carbocycles. The summed E-state index contributed by atoms with van der Waals surface area (Å²) in [5.74, 6) is 0.942. The van der Waals surface area contributed by atoms with Crippen molar-refractivity contribution in [1.29, 1.82) is 0 Å². The van der Waals surface area contributed by atoms with E-state index in [1.54, 1.807) is 7.11 Å². The third-order valence-electron chi connectivity index (χ3n) is 3.95. The molecular formula is C15H23NO2. The van der Waals surface area contributed by atoms with Crippen LogP contribution in [0.1, 0.15) is 37.4 Å². The molecule has 1 aliphatic rings. The fraction of sp³-hybridized carbons (Fsp3) is 0.600. The zero-order valence-corrected chi connectivity index (χ0v) is 11.5. The first-order chi connectivity index (χ1) is 8.67. The predicted octanol–water partition coefficient (Wildman–Crippen LogP) is 2.39.